The maximum absolute atomic E-state index is 11.6. The summed E-state index contributed by atoms with van der Waals surface area (Å²) in [5.41, 5.74) is 0.910. The Hall–Kier alpha value is -1.05. The summed E-state index contributed by atoms with van der Waals surface area (Å²) >= 11 is 0. The molecule has 2 heteroatoms. The van der Waals surface area contributed by atoms with Crippen LogP contribution in [-0.2, 0) is 12.5 Å². The van der Waals surface area contributed by atoms with Gasteiger partial charge in [-0.15, -0.1) is 0 Å². The minimum absolute atomic E-state index is 0.0594. The lowest BCUT2D eigenvalue weighted by atomic mass is 9.88. The van der Waals surface area contributed by atoms with Crippen LogP contribution in [0.3, 0.4) is 0 Å². The molecular formula is C10H15NO. The zero-order valence-electron chi connectivity index (χ0n) is 8.09. The molecule has 1 rings (SSSR count). The van der Waals surface area contributed by atoms with Gasteiger partial charge in [0.2, 0.25) is 0 Å². The van der Waals surface area contributed by atoms with Gasteiger partial charge in [0.25, 0.3) is 5.56 Å². The molecule has 2 nitrogen and oxygen atoms in total. The standard InChI is InChI=1S/C10H15NO/c1-10(2,3)8-6-5-7-11(4)9(8)12/h5-7H,1-4H3. The van der Waals surface area contributed by atoms with E-state index in [0.29, 0.717) is 0 Å². The summed E-state index contributed by atoms with van der Waals surface area (Å²) in [5.74, 6) is 0. The second kappa shape index (κ2) is 2.77. The summed E-state index contributed by atoms with van der Waals surface area (Å²) in [6, 6.07) is 3.80. The highest BCUT2D eigenvalue weighted by atomic mass is 16.1. The first-order valence-electron chi connectivity index (χ1n) is 4.09. The molecule has 0 aliphatic rings. The van der Waals surface area contributed by atoms with E-state index >= 15 is 0 Å². The molecule has 0 fully saturated rings. The Labute approximate surface area is 72.8 Å². The number of hydrogen-bond acceptors (Lipinski definition) is 1. The molecule has 0 unspecified atom stereocenters. The van der Waals surface area contributed by atoms with E-state index in [1.54, 1.807) is 17.8 Å². The van der Waals surface area contributed by atoms with Gasteiger partial charge in [0.15, 0.2) is 0 Å². The van der Waals surface area contributed by atoms with Crippen LogP contribution in [0.15, 0.2) is 23.1 Å². The summed E-state index contributed by atoms with van der Waals surface area (Å²) in [4.78, 5) is 11.6. The first kappa shape index (κ1) is 9.04. The summed E-state index contributed by atoms with van der Waals surface area (Å²) < 4.78 is 1.61. The van der Waals surface area contributed by atoms with Crippen LogP contribution in [-0.4, -0.2) is 4.57 Å². The van der Waals surface area contributed by atoms with Gasteiger partial charge in [0, 0.05) is 18.8 Å². The Morgan fingerprint density at radius 1 is 1.33 bits per heavy atom. The number of aromatic nitrogens is 1. The maximum atomic E-state index is 11.6. The van der Waals surface area contributed by atoms with Crippen LogP contribution in [0.25, 0.3) is 0 Å². The Morgan fingerprint density at radius 2 is 1.92 bits per heavy atom. The SMILES string of the molecule is Cn1cccc(C(C)(C)C)c1=O. The Morgan fingerprint density at radius 3 is 2.33 bits per heavy atom. The Kier molecular flexibility index (Phi) is 2.09. The largest absolute Gasteiger partial charge is 0.318 e. The third-order valence-electron chi connectivity index (χ3n) is 1.93. The first-order chi connectivity index (χ1) is 5.43. The topological polar surface area (TPSA) is 22.0 Å². The monoisotopic (exact) mass is 165 g/mol. The number of nitrogens with zero attached hydrogens (tertiary/aromatic N) is 1. The van der Waals surface area contributed by atoms with Gasteiger partial charge in [-0.05, 0) is 11.5 Å². The molecule has 0 bridgehead atoms. The second-order valence-electron chi connectivity index (χ2n) is 4.09. The van der Waals surface area contributed by atoms with E-state index in [1.807, 2.05) is 32.9 Å². The van der Waals surface area contributed by atoms with Crippen molar-refractivity contribution in [3.8, 4) is 0 Å². The van der Waals surface area contributed by atoms with Gasteiger partial charge in [0.1, 0.15) is 0 Å². The van der Waals surface area contributed by atoms with Crippen molar-refractivity contribution in [2.45, 2.75) is 26.2 Å². The van der Waals surface area contributed by atoms with E-state index in [-0.39, 0.29) is 11.0 Å². The van der Waals surface area contributed by atoms with E-state index in [1.165, 1.54) is 0 Å². The Balaban J connectivity index is 3.37. The highest BCUT2D eigenvalue weighted by Crippen LogP contribution is 2.17. The number of rotatable bonds is 0. The molecular weight excluding hydrogens is 150 g/mol. The lowest BCUT2D eigenvalue weighted by molar-refractivity contribution is 0.573. The van der Waals surface area contributed by atoms with Gasteiger partial charge in [-0.2, -0.15) is 0 Å². The molecule has 0 saturated carbocycles. The van der Waals surface area contributed by atoms with Crippen LogP contribution in [0.2, 0.25) is 0 Å². The fourth-order valence-electron chi connectivity index (χ4n) is 1.17. The summed E-state index contributed by atoms with van der Waals surface area (Å²) in [5, 5.41) is 0. The van der Waals surface area contributed by atoms with Gasteiger partial charge in [-0.25, -0.2) is 0 Å². The van der Waals surface area contributed by atoms with E-state index in [2.05, 4.69) is 0 Å². The molecule has 66 valence electrons. The van der Waals surface area contributed by atoms with Crippen molar-refractivity contribution in [2.24, 2.45) is 7.05 Å². The molecule has 1 aromatic rings. The quantitative estimate of drug-likeness (QED) is 0.573. The average molecular weight is 165 g/mol. The van der Waals surface area contributed by atoms with Gasteiger partial charge in [-0.3, -0.25) is 4.79 Å². The minimum atomic E-state index is -0.0594. The fourth-order valence-corrected chi connectivity index (χ4v) is 1.17. The van der Waals surface area contributed by atoms with Crippen molar-refractivity contribution < 1.29 is 0 Å². The number of hydrogen-bond donors (Lipinski definition) is 0. The molecule has 0 radical (unpaired) electrons. The van der Waals surface area contributed by atoms with Crippen LogP contribution in [0.5, 0.6) is 0 Å². The first-order valence-corrected chi connectivity index (χ1v) is 4.09. The highest BCUT2D eigenvalue weighted by molar-refractivity contribution is 5.18. The molecule has 0 saturated heterocycles. The lowest BCUT2D eigenvalue weighted by Crippen LogP contribution is -2.28. The molecule has 0 N–H and O–H groups in total. The predicted molar refractivity (Wildman–Crippen MR) is 50.4 cm³/mol. The van der Waals surface area contributed by atoms with Crippen molar-refractivity contribution in [1.29, 1.82) is 0 Å². The fraction of sp³-hybridized carbons (Fsp3) is 0.500. The van der Waals surface area contributed by atoms with Crippen molar-refractivity contribution in [1.82, 2.24) is 4.57 Å². The summed E-state index contributed by atoms with van der Waals surface area (Å²) in [7, 11) is 1.78. The van der Waals surface area contributed by atoms with Crippen LogP contribution >= 0.6 is 0 Å². The number of pyridine rings is 1. The highest BCUT2D eigenvalue weighted by Gasteiger charge is 2.17. The van der Waals surface area contributed by atoms with Crippen LogP contribution in [0.4, 0.5) is 0 Å². The zero-order valence-corrected chi connectivity index (χ0v) is 8.09. The Bertz CT molecular complexity index is 330. The molecule has 0 aliphatic heterocycles. The molecule has 0 spiro atoms. The van der Waals surface area contributed by atoms with Gasteiger partial charge >= 0.3 is 0 Å². The third-order valence-corrected chi connectivity index (χ3v) is 1.93. The maximum Gasteiger partial charge on any atom is 0.253 e. The second-order valence-corrected chi connectivity index (χ2v) is 4.09. The number of aryl methyl sites for hydroxylation is 1. The molecule has 0 aliphatic carbocycles. The van der Waals surface area contributed by atoms with Crippen LogP contribution in [0, 0.1) is 0 Å². The van der Waals surface area contributed by atoms with Crippen molar-refractivity contribution in [2.75, 3.05) is 0 Å². The zero-order chi connectivity index (χ0) is 9.35. The van der Waals surface area contributed by atoms with Gasteiger partial charge in [-0.1, -0.05) is 26.8 Å². The molecule has 0 amide bonds. The lowest BCUT2D eigenvalue weighted by Gasteiger charge is -2.18. The van der Waals surface area contributed by atoms with Crippen molar-refractivity contribution in [3.63, 3.8) is 0 Å². The normalized spacial score (nSPS) is 11.7. The van der Waals surface area contributed by atoms with Crippen LogP contribution in [0.1, 0.15) is 26.3 Å². The molecule has 12 heavy (non-hydrogen) atoms. The smallest absolute Gasteiger partial charge is 0.253 e. The van der Waals surface area contributed by atoms with Crippen molar-refractivity contribution >= 4 is 0 Å². The van der Waals surface area contributed by atoms with E-state index < -0.39 is 0 Å². The van der Waals surface area contributed by atoms with Gasteiger partial charge < -0.3 is 4.57 Å². The van der Waals surface area contributed by atoms with E-state index in [0.717, 1.165) is 5.56 Å². The van der Waals surface area contributed by atoms with Crippen LogP contribution < -0.4 is 5.56 Å². The van der Waals surface area contributed by atoms with E-state index in [9.17, 15) is 4.79 Å². The predicted octanol–water partition coefficient (Wildman–Crippen LogP) is 1.68. The summed E-state index contributed by atoms with van der Waals surface area (Å²) in [6.07, 6.45) is 1.78. The molecule has 1 heterocycles. The van der Waals surface area contributed by atoms with E-state index in [4.69, 9.17) is 0 Å². The van der Waals surface area contributed by atoms with Gasteiger partial charge in [0.05, 0.1) is 0 Å². The summed E-state index contributed by atoms with van der Waals surface area (Å²) in [6.45, 7) is 6.14. The molecule has 0 aromatic carbocycles. The van der Waals surface area contributed by atoms with Crippen molar-refractivity contribution in [3.05, 3.63) is 34.2 Å². The molecule has 0 atom stereocenters. The average Bonchev–Trinajstić information content (AvgIpc) is 1.92. The third kappa shape index (κ3) is 1.58. The molecule has 1 aromatic heterocycles. The minimum Gasteiger partial charge on any atom is -0.318 e.